The van der Waals surface area contributed by atoms with Crippen molar-refractivity contribution in [1.29, 1.82) is 0 Å². The van der Waals surface area contributed by atoms with E-state index < -0.39 is 40.4 Å². The minimum absolute atomic E-state index is 0.0155. The molecule has 16 heavy (non-hydrogen) atoms. The average molecular weight is 289 g/mol. The second kappa shape index (κ2) is 3.04. The highest BCUT2D eigenvalue weighted by molar-refractivity contribution is 8.05. The molecule has 0 amide bonds. The first-order valence-electron chi connectivity index (χ1n) is 3.44. The van der Waals surface area contributed by atoms with Gasteiger partial charge in [-0.1, -0.05) is 3.71 Å². The number of sulfonamides is 2. The van der Waals surface area contributed by atoms with Crippen LogP contribution >= 0.6 is 0 Å². The number of alkyl halides is 5. The lowest BCUT2D eigenvalue weighted by Crippen LogP contribution is -2.65. The van der Waals surface area contributed by atoms with Crippen molar-refractivity contribution in [2.24, 2.45) is 0 Å². The molecule has 0 aromatic rings. The van der Waals surface area contributed by atoms with Gasteiger partial charge in [0.15, 0.2) is 0 Å². The lowest BCUT2D eigenvalue weighted by Gasteiger charge is -2.36. The maximum atomic E-state index is 12.7. The first-order valence-corrected chi connectivity index (χ1v) is 6.32. The molecule has 0 atom stereocenters. The predicted molar refractivity (Wildman–Crippen MR) is 40.4 cm³/mol. The van der Waals surface area contributed by atoms with E-state index in [1.807, 2.05) is 0 Å². The van der Waals surface area contributed by atoms with E-state index in [0.29, 0.717) is 0 Å². The molecule has 12 heteroatoms. The van der Waals surface area contributed by atoms with E-state index in [9.17, 15) is 38.8 Å². The molecule has 0 aromatic heterocycles. The van der Waals surface area contributed by atoms with Crippen molar-refractivity contribution < 1.29 is 38.8 Å². The van der Waals surface area contributed by atoms with Gasteiger partial charge in [0.1, 0.15) is 0 Å². The zero-order valence-electron chi connectivity index (χ0n) is 7.36. The summed E-state index contributed by atoms with van der Waals surface area (Å²) in [4.78, 5) is 0. The van der Waals surface area contributed by atoms with Gasteiger partial charge in [-0.05, 0) is 0 Å². The Bertz CT molecular complexity index is 465. The molecule has 0 aliphatic carbocycles. The fourth-order valence-electron chi connectivity index (χ4n) is 0.929. The SMILES string of the molecule is CN1S(=O)(=O)C(F)(F)C(F)C(F)(F)S1(=O)=O. The fourth-order valence-corrected chi connectivity index (χ4v) is 4.14. The quantitative estimate of drug-likeness (QED) is 0.594. The van der Waals surface area contributed by atoms with Crippen LogP contribution in [-0.2, 0) is 20.0 Å². The van der Waals surface area contributed by atoms with E-state index in [4.69, 9.17) is 0 Å². The van der Waals surface area contributed by atoms with Gasteiger partial charge in [-0.2, -0.15) is 17.6 Å². The molecule has 96 valence electrons. The molecular weight excluding hydrogens is 285 g/mol. The number of halogens is 5. The molecule has 1 rings (SSSR count). The standard InChI is InChI=1S/C4H4F5NO4S2/c1-10-15(11,12)3(6,7)2(5)4(8,9)16(10,13)14/h2H,1H3. The molecule has 1 heterocycles. The highest BCUT2D eigenvalue weighted by atomic mass is 32.3. The van der Waals surface area contributed by atoms with E-state index in [0.717, 1.165) is 0 Å². The van der Waals surface area contributed by atoms with Crippen LogP contribution in [-0.4, -0.2) is 44.3 Å². The summed E-state index contributed by atoms with van der Waals surface area (Å²) in [5, 5.41) is -11.0. The van der Waals surface area contributed by atoms with Crippen LogP contribution < -0.4 is 0 Å². The Hall–Kier alpha value is -0.490. The monoisotopic (exact) mass is 289 g/mol. The van der Waals surface area contributed by atoms with Crippen LogP contribution in [0.25, 0.3) is 0 Å². The van der Waals surface area contributed by atoms with Gasteiger partial charge in [0.2, 0.25) is 0 Å². The Balaban J connectivity index is 3.66. The molecule has 1 aliphatic rings. The smallest absolute Gasteiger partial charge is 0.231 e. The third kappa shape index (κ3) is 1.23. The van der Waals surface area contributed by atoms with Gasteiger partial charge in [-0.3, -0.25) is 0 Å². The van der Waals surface area contributed by atoms with E-state index in [1.54, 1.807) is 0 Å². The molecule has 0 saturated carbocycles. The van der Waals surface area contributed by atoms with Crippen LogP contribution in [0.2, 0.25) is 0 Å². The molecule has 0 unspecified atom stereocenters. The van der Waals surface area contributed by atoms with Gasteiger partial charge in [-0.25, -0.2) is 21.2 Å². The fraction of sp³-hybridized carbons (Fsp3) is 1.00. The van der Waals surface area contributed by atoms with Crippen molar-refractivity contribution in [2.45, 2.75) is 16.7 Å². The minimum atomic E-state index is -6.01. The molecule has 0 bridgehead atoms. The van der Waals surface area contributed by atoms with Crippen LogP contribution in [0.15, 0.2) is 0 Å². The maximum absolute atomic E-state index is 12.7. The Kier molecular flexibility index (Phi) is 2.58. The summed E-state index contributed by atoms with van der Waals surface area (Å²) in [5.74, 6) is 0. The van der Waals surface area contributed by atoms with Gasteiger partial charge in [0, 0.05) is 7.05 Å². The maximum Gasteiger partial charge on any atom is 0.397 e. The lowest BCUT2D eigenvalue weighted by atomic mass is 10.4. The summed E-state index contributed by atoms with van der Waals surface area (Å²) in [6.45, 7) is 0. The molecule has 0 radical (unpaired) electrons. The first-order chi connectivity index (χ1) is 6.81. The molecule has 0 aromatic carbocycles. The normalized spacial score (nSPS) is 32.4. The van der Waals surface area contributed by atoms with Gasteiger partial charge < -0.3 is 0 Å². The Labute approximate surface area is 86.9 Å². The largest absolute Gasteiger partial charge is 0.397 e. The molecule has 0 N–H and O–H groups in total. The van der Waals surface area contributed by atoms with Crippen molar-refractivity contribution in [2.75, 3.05) is 7.05 Å². The van der Waals surface area contributed by atoms with Gasteiger partial charge >= 0.3 is 10.5 Å². The summed E-state index contributed by atoms with van der Waals surface area (Å²) in [6.07, 6.45) is -4.65. The van der Waals surface area contributed by atoms with Crippen molar-refractivity contribution in [1.82, 2.24) is 3.71 Å². The number of hydrogen-bond donors (Lipinski definition) is 0. The zero-order chi connectivity index (χ0) is 13.2. The molecule has 1 aliphatic heterocycles. The second-order valence-electron chi connectivity index (χ2n) is 2.88. The molecule has 0 spiro atoms. The molecular formula is C4H4F5NO4S2. The van der Waals surface area contributed by atoms with E-state index in [-0.39, 0.29) is 7.05 Å². The van der Waals surface area contributed by atoms with Gasteiger partial charge in [0.05, 0.1) is 0 Å². The van der Waals surface area contributed by atoms with Crippen LogP contribution in [0.5, 0.6) is 0 Å². The number of rotatable bonds is 0. The molecule has 1 fully saturated rings. The highest BCUT2D eigenvalue weighted by Crippen LogP contribution is 2.48. The third-order valence-electron chi connectivity index (χ3n) is 1.95. The van der Waals surface area contributed by atoms with E-state index in [1.165, 1.54) is 0 Å². The molecule has 5 nitrogen and oxygen atoms in total. The average Bonchev–Trinajstić information content (AvgIpc) is 2.13. The highest BCUT2D eigenvalue weighted by Gasteiger charge is 2.77. The van der Waals surface area contributed by atoms with Crippen LogP contribution in [0, 0.1) is 0 Å². The van der Waals surface area contributed by atoms with Gasteiger partial charge in [0.25, 0.3) is 26.2 Å². The van der Waals surface area contributed by atoms with Crippen LogP contribution in [0.4, 0.5) is 22.0 Å². The van der Waals surface area contributed by atoms with Crippen LogP contribution in [0.3, 0.4) is 0 Å². The van der Waals surface area contributed by atoms with E-state index in [2.05, 4.69) is 0 Å². The topological polar surface area (TPSA) is 71.5 Å². The van der Waals surface area contributed by atoms with Crippen LogP contribution in [0.1, 0.15) is 0 Å². The Morgan fingerprint density at radius 2 is 1.19 bits per heavy atom. The summed E-state index contributed by atoms with van der Waals surface area (Å²) < 4.78 is 105. The number of nitrogens with zero attached hydrogens (tertiary/aromatic N) is 1. The van der Waals surface area contributed by atoms with Crippen molar-refractivity contribution >= 4 is 20.0 Å². The third-order valence-corrected chi connectivity index (χ3v) is 6.28. The second-order valence-corrected chi connectivity index (χ2v) is 7.19. The summed E-state index contributed by atoms with van der Waals surface area (Å²) in [7, 11) is -12.0. The summed E-state index contributed by atoms with van der Waals surface area (Å²) in [6, 6.07) is 0. The first kappa shape index (κ1) is 13.6. The van der Waals surface area contributed by atoms with Crippen molar-refractivity contribution in [3.8, 4) is 0 Å². The summed E-state index contributed by atoms with van der Waals surface area (Å²) >= 11 is 0. The summed E-state index contributed by atoms with van der Waals surface area (Å²) in [5.41, 5.74) is 0. The predicted octanol–water partition coefficient (Wildman–Crippen LogP) is 0.115. The van der Waals surface area contributed by atoms with E-state index >= 15 is 0 Å². The molecule has 1 saturated heterocycles. The van der Waals surface area contributed by atoms with Crippen molar-refractivity contribution in [3.05, 3.63) is 0 Å². The Morgan fingerprint density at radius 3 is 1.44 bits per heavy atom. The number of hydrogen-bond acceptors (Lipinski definition) is 4. The van der Waals surface area contributed by atoms with Gasteiger partial charge in [-0.15, -0.1) is 0 Å². The Morgan fingerprint density at radius 1 is 0.938 bits per heavy atom. The zero-order valence-corrected chi connectivity index (χ0v) is 9.00. The van der Waals surface area contributed by atoms with Crippen molar-refractivity contribution in [3.63, 3.8) is 0 Å². The lowest BCUT2D eigenvalue weighted by molar-refractivity contribution is -0.105. The minimum Gasteiger partial charge on any atom is -0.231 e.